The van der Waals surface area contributed by atoms with Gasteiger partial charge in [-0.25, -0.2) is 23.7 Å². The topological polar surface area (TPSA) is 43.6 Å². The summed E-state index contributed by atoms with van der Waals surface area (Å²) in [4.78, 5) is 15.0. The van der Waals surface area contributed by atoms with Gasteiger partial charge in [0.1, 0.15) is 11.6 Å². The minimum atomic E-state index is -0.648. The third-order valence-electron chi connectivity index (χ3n) is 9.49. The number of nitrogens with zero attached hydrogens (tertiary/aromatic N) is 4. The number of hydrogen-bond donors (Lipinski definition) is 0. The highest BCUT2D eigenvalue weighted by Gasteiger charge is 2.22. The van der Waals surface area contributed by atoms with E-state index in [1.165, 1.54) is 23.8 Å². The maximum absolute atomic E-state index is 15.3. The van der Waals surface area contributed by atoms with Crippen LogP contribution in [0.2, 0.25) is 0 Å². The molecule has 7 aromatic carbocycles. The first-order valence-electron chi connectivity index (χ1n) is 17.1. The lowest BCUT2D eigenvalue weighted by molar-refractivity contribution is 0.589. The van der Waals surface area contributed by atoms with E-state index in [-0.39, 0.29) is 5.56 Å². The molecule has 2 heterocycles. The van der Waals surface area contributed by atoms with Crippen LogP contribution in [0.4, 0.5) is 8.78 Å². The van der Waals surface area contributed by atoms with Gasteiger partial charge in [-0.15, -0.1) is 0 Å². The van der Waals surface area contributed by atoms with Gasteiger partial charge < -0.3 is 4.57 Å². The molecule has 9 rings (SSSR count). The first-order chi connectivity index (χ1) is 25.5. The summed E-state index contributed by atoms with van der Waals surface area (Å²) in [6.45, 7) is 2.09. The lowest BCUT2D eigenvalue weighted by atomic mass is 9.99. The van der Waals surface area contributed by atoms with Crippen LogP contribution in [0.3, 0.4) is 0 Å². The fraction of sp³-hybridized carbons (Fsp3) is 0.0217. The van der Waals surface area contributed by atoms with E-state index in [0.29, 0.717) is 28.6 Å². The SMILES string of the molecule is Cc1ccc(-c2ccc3c(c2)c2ccccc2n3-c2ccc(-c3c(F)cccc3F)cc2-c2nc(-c3ccccc3)nc(-c3ccccc3)n2)cc1. The predicted octanol–water partition coefficient (Wildman–Crippen LogP) is 11.9. The molecule has 248 valence electrons. The Morgan fingerprint density at radius 2 is 0.981 bits per heavy atom. The molecule has 0 aliphatic rings. The Bertz CT molecular complexity index is 2680. The molecule has 0 bridgehead atoms. The van der Waals surface area contributed by atoms with Crippen LogP contribution in [0, 0.1) is 18.6 Å². The van der Waals surface area contributed by atoms with E-state index in [4.69, 9.17) is 15.0 Å². The van der Waals surface area contributed by atoms with Crippen molar-refractivity contribution in [3.63, 3.8) is 0 Å². The van der Waals surface area contributed by atoms with Crippen molar-refractivity contribution in [3.05, 3.63) is 181 Å². The minimum absolute atomic E-state index is 0.110. The van der Waals surface area contributed by atoms with Crippen molar-refractivity contribution in [2.75, 3.05) is 0 Å². The zero-order valence-corrected chi connectivity index (χ0v) is 28.1. The van der Waals surface area contributed by atoms with Gasteiger partial charge in [0.05, 0.1) is 22.3 Å². The van der Waals surface area contributed by atoms with Crippen LogP contribution in [0.1, 0.15) is 5.56 Å². The number of para-hydroxylation sites is 1. The van der Waals surface area contributed by atoms with Crippen LogP contribution in [-0.4, -0.2) is 19.5 Å². The zero-order valence-electron chi connectivity index (χ0n) is 28.1. The van der Waals surface area contributed by atoms with Gasteiger partial charge in [0, 0.05) is 27.5 Å². The van der Waals surface area contributed by atoms with Crippen molar-refractivity contribution >= 4 is 21.8 Å². The molecule has 4 nitrogen and oxygen atoms in total. The van der Waals surface area contributed by atoms with Gasteiger partial charge in [-0.05, 0) is 66.1 Å². The first kappa shape index (κ1) is 31.2. The summed E-state index contributed by atoms with van der Waals surface area (Å²) < 4.78 is 32.9. The van der Waals surface area contributed by atoms with E-state index in [1.807, 2.05) is 78.9 Å². The normalized spacial score (nSPS) is 11.4. The molecule has 6 heteroatoms. The van der Waals surface area contributed by atoms with E-state index in [2.05, 4.69) is 66.1 Å². The molecule has 0 N–H and O–H groups in total. The first-order valence-corrected chi connectivity index (χ1v) is 17.1. The monoisotopic (exact) mass is 676 g/mol. The van der Waals surface area contributed by atoms with E-state index in [9.17, 15) is 0 Å². The molecule has 52 heavy (non-hydrogen) atoms. The van der Waals surface area contributed by atoms with Crippen LogP contribution < -0.4 is 0 Å². The molecule has 0 amide bonds. The zero-order chi connectivity index (χ0) is 35.2. The molecular weight excluding hydrogens is 647 g/mol. The number of aryl methyl sites for hydroxylation is 1. The van der Waals surface area contributed by atoms with Gasteiger partial charge in [0.2, 0.25) is 0 Å². The van der Waals surface area contributed by atoms with Gasteiger partial charge >= 0.3 is 0 Å². The third-order valence-corrected chi connectivity index (χ3v) is 9.49. The molecule has 0 aliphatic heterocycles. The molecule has 9 aromatic rings. The number of benzene rings is 7. The Morgan fingerprint density at radius 1 is 0.423 bits per heavy atom. The lowest BCUT2D eigenvalue weighted by Crippen LogP contribution is -2.04. The van der Waals surface area contributed by atoms with Crippen molar-refractivity contribution in [1.29, 1.82) is 0 Å². The van der Waals surface area contributed by atoms with E-state index < -0.39 is 11.6 Å². The van der Waals surface area contributed by atoms with Crippen molar-refractivity contribution in [2.24, 2.45) is 0 Å². The molecule has 0 atom stereocenters. The third kappa shape index (κ3) is 5.51. The van der Waals surface area contributed by atoms with Crippen LogP contribution in [0.25, 0.3) is 83.9 Å². The van der Waals surface area contributed by atoms with Crippen molar-refractivity contribution in [3.8, 4) is 62.1 Å². The Morgan fingerprint density at radius 3 is 1.65 bits per heavy atom. The second kappa shape index (κ2) is 12.8. The second-order valence-corrected chi connectivity index (χ2v) is 12.8. The minimum Gasteiger partial charge on any atom is -0.309 e. The summed E-state index contributed by atoms with van der Waals surface area (Å²) in [7, 11) is 0. The van der Waals surface area contributed by atoms with Gasteiger partial charge in [0.25, 0.3) is 0 Å². The largest absolute Gasteiger partial charge is 0.309 e. The summed E-state index contributed by atoms with van der Waals surface area (Å²) in [6.07, 6.45) is 0. The van der Waals surface area contributed by atoms with Crippen molar-refractivity contribution in [1.82, 2.24) is 19.5 Å². The fourth-order valence-electron chi connectivity index (χ4n) is 6.93. The molecule has 2 aromatic heterocycles. The summed E-state index contributed by atoms with van der Waals surface area (Å²) in [5.74, 6) is 0.0591. The highest BCUT2D eigenvalue weighted by Crippen LogP contribution is 2.40. The average molecular weight is 677 g/mol. The predicted molar refractivity (Wildman–Crippen MR) is 206 cm³/mol. The number of aromatic nitrogens is 4. The smallest absolute Gasteiger partial charge is 0.166 e. The number of hydrogen-bond acceptors (Lipinski definition) is 3. The van der Waals surface area contributed by atoms with E-state index in [0.717, 1.165) is 49.7 Å². The molecule has 0 unspecified atom stereocenters. The highest BCUT2D eigenvalue weighted by molar-refractivity contribution is 6.11. The average Bonchev–Trinajstić information content (AvgIpc) is 3.52. The van der Waals surface area contributed by atoms with E-state index in [1.54, 1.807) is 12.1 Å². The fourth-order valence-corrected chi connectivity index (χ4v) is 6.93. The Balaban J connectivity index is 1.35. The van der Waals surface area contributed by atoms with Crippen LogP contribution in [0.15, 0.2) is 164 Å². The molecule has 0 fully saturated rings. The quantitative estimate of drug-likeness (QED) is 0.176. The number of fused-ring (bicyclic) bond motifs is 3. The van der Waals surface area contributed by atoms with Crippen LogP contribution >= 0.6 is 0 Å². The Hall–Kier alpha value is -6.79. The van der Waals surface area contributed by atoms with Crippen molar-refractivity contribution < 1.29 is 8.78 Å². The number of rotatable bonds is 6. The van der Waals surface area contributed by atoms with Gasteiger partial charge in [-0.1, -0.05) is 127 Å². The maximum Gasteiger partial charge on any atom is 0.166 e. The highest BCUT2D eigenvalue weighted by atomic mass is 19.1. The van der Waals surface area contributed by atoms with Gasteiger partial charge in [-0.2, -0.15) is 0 Å². The molecule has 0 aliphatic carbocycles. The Kier molecular flexibility index (Phi) is 7.70. The maximum atomic E-state index is 15.3. The Labute approximate surface area is 299 Å². The molecule has 0 spiro atoms. The van der Waals surface area contributed by atoms with Crippen LogP contribution in [0.5, 0.6) is 0 Å². The van der Waals surface area contributed by atoms with Gasteiger partial charge in [-0.3, -0.25) is 0 Å². The summed E-state index contributed by atoms with van der Waals surface area (Å²) in [5, 5.41) is 2.15. The molecule has 0 radical (unpaired) electrons. The lowest BCUT2D eigenvalue weighted by Gasteiger charge is -2.17. The van der Waals surface area contributed by atoms with E-state index >= 15 is 8.78 Å². The van der Waals surface area contributed by atoms with Crippen molar-refractivity contribution in [2.45, 2.75) is 6.92 Å². The van der Waals surface area contributed by atoms with Gasteiger partial charge in [0.15, 0.2) is 17.5 Å². The molecule has 0 saturated carbocycles. The summed E-state index contributed by atoms with van der Waals surface area (Å²) in [6, 6.07) is 52.2. The summed E-state index contributed by atoms with van der Waals surface area (Å²) in [5.41, 5.74) is 8.67. The summed E-state index contributed by atoms with van der Waals surface area (Å²) >= 11 is 0. The molecule has 0 saturated heterocycles. The van der Waals surface area contributed by atoms with Crippen LogP contribution in [-0.2, 0) is 0 Å². The number of halogens is 2. The standard InChI is InChI=1S/C46H30F2N4/c1-29-19-21-30(22-20-29)33-23-25-41-36(27-33)35-15-8-9-18-40(35)52(41)42-26-24-34(43-38(47)16-10-17-39(43)48)28-37(42)46-50-44(31-11-4-2-5-12-31)49-45(51-46)32-13-6-3-7-14-32/h2-28H,1H3. The molecular formula is C46H30F2N4. The second-order valence-electron chi connectivity index (χ2n) is 12.8.